The summed E-state index contributed by atoms with van der Waals surface area (Å²) in [5.74, 6) is 1.73. The summed E-state index contributed by atoms with van der Waals surface area (Å²) >= 11 is 0. The fourth-order valence-corrected chi connectivity index (χ4v) is 3.55. The highest BCUT2D eigenvalue weighted by Gasteiger charge is 2.22. The molecule has 1 aliphatic rings. The lowest BCUT2D eigenvalue weighted by atomic mass is 10.0. The molecular weight excluding hydrogens is 507 g/mol. The zero-order chi connectivity index (χ0) is 21.0. The number of aryl methyl sites for hydroxylation is 1. The number of guanidine groups is 1. The van der Waals surface area contributed by atoms with Gasteiger partial charge in [0.2, 0.25) is 0 Å². The molecule has 1 aliphatic heterocycles. The molecule has 0 amide bonds. The molecule has 0 spiro atoms. The third kappa shape index (κ3) is 8.30. The number of imidazole rings is 1. The average molecular weight is 542 g/mol. The number of ether oxygens (including phenoxy) is 2. The second-order valence-electron chi connectivity index (χ2n) is 7.24. The van der Waals surface area contributed by atoms with Crippen LogP contribution in [-0.4, -0.2) is 73.5 Å². The molecule has 1 aromatic heterocycles. The van der Waals surface area contributed by atoms with Gasteiger partial charge in [-0.3, -0.25) is 9.89 Å². The number of hydrogen-bond acceptors (Lipinski definition) is 5. The summed E-state index contributed by atoms with van der Waals surface area (Å²) in [6.45, 7) is 8.77. The Bertz CT molecular complexity index is 748. The van der Waals surface area contributed by atoms with E-state index in [9.17, 15) is 0 Å². The maximum absolute atomic E-state index is 5.55. The zero-order valence-electron chi connectivity index (χ0n) is 18.5. The Hall–Kier alpha value is -1.85. The van der Waals surface area contributed by atoms with Gasteiger partial charge in [-0.05, 0) is 31.0 Å². The smallest absolute Gasteiger partial charge is 0.191 e. The minimum absolute atomic E-state index is 0. The second-order valence-corrected chi connectivity index (χ2v) is 7.24. The first kappa shape index (κ1) is 25.4. The van der Waals surface area contributed by atoms with Crippen molar-refractivity contribution >= 4 is 29.9 Å². The monoisotopic (exact) mass is 542 g/mol. The molecule has 1 atom stereocenters. The van der Waals surface area contributed by atoms with Crippen LogP contribution in [0.4, 0.5) is 0 Å². The van der Waals surface area contributed by atoms with Gasteiger partial charge in [-0.2, -0.15) is 0 Å². The van der Waals surface area contributed by atoms with Gasteiger partial charge in [-0.1, -0.05) is 12.1 Å². The van der Waals surface area contributed by atoms with E-state index in [-0.39, 0.29) is 30.0 Å². The summed E-state index contributed by atoms with van der Waals surface area (Å²) < 4.78 is 13.0. The van der Waals surface area contributed by atoms with Crippen molar-refractivity contribution < 1.29 is 9.47 Å². The molecular formula is C22H35IN6O2. The van der Waals surface area contributed by atoms with Crippen LogP contribution in [0.2, 0.25) is 0 Å². The molecule has 0 bridgehead atoms. The summed E-state index contributed by atoms with van der Waals surface area (Å²) in [5.41, 5.74) is 1.25. The maximum Gasteiger partial charge on any atom is 0.191 e. The topological polar surface area (TPSA) is 75.9 Å². The summed E-state index contributed by atoms with van der Waals surface area (Å²) in [6.07, 6.45) is 6.65. The summed E-state index contributed by atoms with van der Waals surface area (Å²) in [5, 5.41) is 6.81. The Morgan fingerprint density at radius 3 is 2.65 bits per heavy atom. The highest BCUT2D eigenvalue weighted by molar-refractivity contribution is 14.0. The minimum Gasteiger partial charge on any atom is -0.497 e. The first-order valence-corrected chi connectivity index (χ1v) is 10.7. The number of rotatable bonds is 10. The van der Waals surface area contributed by atoms with E-state index in [4.69, 9.17) is 14.5 Å². The molecule has 0 aliphatic carbocycles. The van der Waals surface area contributed by atoms with Gasteiger partial charge in [0, 0.05) is 45.1 Å². The van der Waals surface area contributed by atoms with Crippen LogP contribution >= 0.6 is 24.0 Å². The number of halogens is 1. The van der Waals surface area contributed by atoms with Crippen molar-refractivity contribution in [1.82, 2.24) is 25.1 Å². The lowest BCUT2D eigenvalue weighted by molar-refractivity contribution is 0.0179. The van der Waals surface area contributed by atoms with Gasteiger partial charge >= 0.3 is 0 Å². The predicted molar refractivity (Wildman–Crippen MR) is 134 cm³/mol. The Morgan fingerprint density at radius 2 is 2.00 bits per heavy atom. The molecule has 1 saturated heterocycles. The van der Waals surface area contributed by atoms with Gasteiger partial charge in [0.25, 0.3) is 0 Å². The molecule has 1 aromatic carbocycles. The lowest BCUT2D eigenvalue weighted by Crippen LogP contribution is -2.42. The van der Waals surface area contributed by atoms with Crippen molar-refractivity contribution in [2.24, 2.45) is 4.99 Å². The van der Waals surface area contributed by atoms with Crippen LogP contribution in [0.1, 0.15) is 24.9 Å². The fraction of sp³-hybridized carbons (Fsp3) is 0.545. The predicted octanol–water partition coefficient (Wildman–Crippen LogP) is 2.53. The molecule has 1 fully saturated rings. The molecule has 2 aromatic rings. The fourth-order valence-electron chi connectivity index (χ4n) is 3.55. The summed E-state index contributed by atoms with van der Waals surface area (Å²) in [7, 11) is 1.69. The molecule has 9 heteroatoms. The van der Waals surface area contributed by atoms with Crippen molar-refractivity contribution in [3.05, 3.63) is 48.5 Å². The normalized spacial score (nSPS) is 15.7. The third-order valence-corrected chi connectivity index (χ3v) is 5.20. The van der Waals surface area contributed by atoms with Crippen molar-refractivity contribution in [3.8, 4) is 5.75 Å². The van der Waals surface area contributed by atoms with Gasteiger partial charge in [-0.25, -0.2) is 4.98 Å². The Morgan fingerprint density at radius 1 is 1.23 bits per heavy atom. The van der Waals surface area contributed by atoms with Crippen LogP contribution in [0.5, 0.6) is 5.75 Å². The van der Waals surface area contributed by atoms with Crippen LogP contribution in [0.3, 0.4) is 0 Å². The number of nitrogens with one attached hydrogen (secondary N) is 2. The number of benzene rings is 1. The number of hydrogen-bond donors (Lipinski definition) is 2. The van der Waals surface area contributed by atoms with Gasteiger partial charge in [0.15, 0.2) is 5.96 Å². The molecule has 2 N–H and O–H groups in total. The van der Waals surface area contributed by atoms with Gasteiger partial charge in [-0.15, -0.1) is 24.0 Å². The van der Waals surface area contributed by atoms with Gasteiger partial charge in [0.05, 0.1) is 39.2 Å². The van der Waals surface area contributed by atoms with Crippen LogP contribution in [0.25, 0.3) is 0 Å². The SMILES string of the molecule is CCNC(=NCC(c1ccc(OC)cc1)N1CCOCC1)NCCCn1ccnc1.I. The van der Waals surface area contributed by atoms with Crippen LogP contribution < -0.4 is 15.4 Å². The maximum atomic E-state index is 5.55. The minimum atomic E-state index is 0. The number of nitrogens with zero attached hydrogens (tertiary/aromatic N) is 4. The Kier molecular flexibility index (Phi) is 11.7. The molecule has 1 unspecified atom stereocenters. The highest BCUT2D eigenvalue weighted by atomic mass is 127. The quantitative estimate of drug-likeness (QED) is 0.208. The van der Waals surface area contributed by atoms with E-state index in [2.05, 4.69) is 44.1 Å². The van der Waals surface area contributed by atoms with Gasteiger partial charge in [0.1, 0.15) is 5.75 Å². The molecule has 0 radical (unpaired) electrons. The lowest BCUT2D eigenvalue weighted by Gasteiger charge is -2.34. The first-order valence-electron chi connectivity index (χ1n) is 10.7. The van der Waals surface area contributed by atoms with E-state index in [0.29, 0.717) is 6.54 Å². The highest BCUT2D eigenvalue weighted by Crippen LogP contribution is 2.24. The first-order chi connectivity index (χ1) is 14.8. The van der Waals surface area contributed by atoms with E-state index >= 15 is 0 Å². The third-order valence-electron chi connectivity index (χ3n) is 5.20. The van der Waals surface area contributed by atoms with Gasteiger partial charge < -0.3 is 24.7 Å². The van der Waals surface area contributed by atoms with E-state index in [0.717, 1.165) is 64.1 Å². The Balaban J connectivity index is 0.00000341. The number of aliphatic imine (C=N–C) groups is 1. The van der Waals surface area contributed by atoms with Crippen LogP contribution in [0, 0.1) is 0 Å². The number of aromatic nitrogens is 2. The Labute approximate surface area is 202 Å². The van der Waals surface area contributed by atoms with Crippen LogP contribution in [0.15, 0.2) is 48.0 Å². The van der Waals surface area contributed by atoms with E-state index < -0.39 is 0 Å². The van der Waals surface area contributed by atoms with Crippen molar-refractivity contribution in [2.75, 3.05) is 53.0 Å². The molecule has 0 saturated carbocycles. The molecule has 3 rings (SSSR count). The number of methoxy groups -OCH3 is 1. The van der Waals surface area contributed by atoms with Crippen LogP contribution in [-0.2, 0) is 11.3 Å². The molecule has 31 heavy (non-hydrogen) atoms. The molecule has 172 valence electrons. The van der Waals surface area contributed by atoms with Crippen molar-refractivity contribution in [3.63, 3.8) is 0 Å². The standard InChI is InChI=1S/C22H34N6O2.HI/c1-3-24-22(25-9-4-11-27-12-10-23-18-27)26-17-21(28-13-15-30-16-14-28)19-5-7-20(29-2)8-6-19;/h5-8,10,12,18,21H,3-4,9,11,13-17H2,1-2H3,(H2,24,25,26);1H. The molecule has 2 heterocycles. The van der Waals surface area contributed by atoms with Crippen molar-refractivity contribution in [2.45, 2.75) is 25.9 Å². The largest absolute Gasteiger partial charge is 0.497 e. The zero-order valence-corrected chi connectivity index (χ0v) is 20.8. The van der Waals surface area contributed by atoms with E-state index in [1.165, 1.54) is 5.56 Å². The molecule has 8 nitrogen and oxygen atoms in total. The van der Waals surface area contributed by atoms with Crippen molar-refractivity contribution in [1.29, 1.82) is 0 Å². The summed E-state index contributed by atoms with van der Waals surface area (Å²) in [6, 6.07) is 8.53. The number of morpholine rings is 1. The summed E-state index contributed by atoms with van der Waals surface area (Å²) in [4.78, 5) is 11.4. The van der Waals surface area contributed by atoms with E-state index in [1.807, 2.05) is 30.9 Å². The average Bonchev–Trinajstić information content (AvgIpc) is 3.31. The second kappa shape index (κ2) is 14.3. The van der Waals surface area contributed by atoms with E-state index in [1.54, 1.807) is 7.11 Å².